The highest BCUT2D eigenvalue weighted by molar-refractivity contribution is 6.02. The summed E-state index contributed by atoms with van der Waals surface area (Å²) in [5, 5.41) is 3.13. The summed E-state index contributed by atoms with van der Waals surface area (Å²) in [6.07, 6.45) is 2.01. The molecule has 0 atom stereocenters. The van der Waals surface area contributed by atoms with Crippen LogP contribution >= 0.6 is 0 Å². The highest BCUT2D eigenvalue weighted by Gasteiger charge is 2.23. The Hall–Kier alpha value is -2.56. The molecule has 0 bridgehead atoms. The van der Waals surface area contributed by atoms with E-state index in [9.17, 15) is 4.79 Å². The van der Waals surface area contributed by atoms with Crippen molar-refractivity contribution in [1.29, 1.82) is 0 Å². The third kappa shape index (κ3) is 2.74. The summed E-state index contributed by atoms with van der Waals surface area (Å²) in [6.45, 7) is 5.80. The van der Waals surface area contributed by atoms with Crippen molar-refractivity contribution in [2.75, 3.05) is 12.4 Å². The predicted octanol–water partition coefficient (Wildman–Crippen LogP) is 3.84. The smallest absolute Gasteiger partial charge is 0.168 e. The van der Waals surface area contributed by atoms with E-state index in [1.807, 2.05) is 69.9 Å². The Balaban J connectivity index is 2.05. The lowest BCUT2D eigenvalue weighted by molar-refractivity contribution is 0.0858. The molecule has 0 fully saturated rings. The lowest BCUT2D eigenvalue weighted by Crippen LogP contribution is -2.19. The van der Waals surface area contributed by atoms with Gasteiger partial charge >= 0.3 is 0 Å². The number of ketones is 1. The number of anilines is 1. The first kappa shape index (κ1) is 15.3. The van der Waals surface area contributed by atoms with Gasteiger partial charge in [-0.2, -0.15) is 0 Å². The van der Waals surface area contributed by atoms with Gasteiger partial charge in [-0.15, -0.1) is 0 Å². The molecule has 0 aliphatic carbocycles. The fraction of sp³-hybridized carbons (Fsp3) is 0.333. The summed E-state index contributed by atoms with van der Waals surface area (Å²) >= 11 is 0. The molecule has 5 heteroatoms. The molecular formula is C18H22N4O. The number of aromatic nitrogens is 3. The minimum absolute atomic E-state index is 0.131. The van der Waals surface area contributed by atoms with Gasteiger partial charge in [0, 0.05) is 31.3 Å². The number of H-pyrrole nitrogens is 1. The van der Waals surface area contributed by atoms with Crippen LogP contribution in [0.15, 0.2) is 30.5 Å². The maximum Gasteiger partial charge on any atom is 0.168 e. The molecule has 120 valence electrons. The average Bonchev–Trinajstić information content (AvgIpc) is 3.07. The summed E-state index contributed by atoms with van der Waals surface area (Å²) in [5.41, 5.74) is 4.08. The first-order valence-electron chi connectivity index (χ1n) is 7.68. The zero-order valence-electron chi connectivity index (χ0n) is 14.2. The Kier molecular flexibility index (Phi) is 3.51. The molecule has 0 amide bonds. The minimum atomic E-state index is -0.393. The van der Waals surface area contributed by atoms with Crippen molar-refractivity contribution in [3.8, 4) is 11.5 Å². The standard InChI is InChI=1S/C18H22N4O/c1-18(2,3)16(23)11-6-7-13-14(8-11)21-17(20-13)15-9-12(19-4)10-22(15)5/h6-10,19H,1-5H3,(H,20,21). The van der Waals surface area contributed by atoms with E-state index < -0.39 is 5.41 Å². The molecule has 0 aliphatic rings. The van der Waals surface area contributed by atoms with Gasteiger partial charge < -0.3 is 14.9 Å². The molecule has 0 radical (unpaired) electrons. The Labute approximate surface area is 135 Å². The number of nitrogens with zero attached hydrogens (tertiary/aromatic N) is 2. The summed E-state index contributed by atoms with van der Waals surface area (Å²) < 4.78 is 2.02. The number of Topliss-reactive ketones (excluding diaryl/α,β-unsaturated/α-hetero) is 1. The van der Waals surface area contributed by atoms with Gasteiger partial charge in [0.2, 0.25) is 0 Å². The van der Waals surface area contributed by atoms with Gasteiger partial charge in [0.15, 0.2) is 11.6 Å². The number of aromatic amines is 1. The summed E-state index contributed by atoms with van der Waals surface area (Å²) in [7, 11) is 3.88. The van der Waals surface area contributed by atoms with E-state index in [-0.39, 0.29) is 5.78 Å². The van der Waals surface area contributed by atoms with Gasteiger partial charge in [-0.1, -0.05) is 20.8 Å². The molecule has 0 unspecified atom stereocenters. The van der Waals surface area contributed by atoms with Crippen molar-refractivity contribution in [1.82, 2.24) is 14.5 Å². The summed E-state index contributed by atoms with van der Waals surface area (Å²) in [5.74, 6) is 0.927. The number of fused-ring (bicyclic) bond motifs is 1. The highest BCUT2D eigenvalue weighted by Crippen LogP contribution is 2.27. The Bertz CT molecular complexity index is 880. The topological polar surface area (TPSA) is 62.7 Å². The second kappa shape index (κ2) is 5.26. The summed E-state index contributed by atoms with van der Waals surface area (Å²) in [6, 6.07) is 7.68. The van der Waals surface area contributed by atoms with Crippen molar-refractivity contribution >= 4 is 22.5 Å². The maximum absolute atomic E-state index is 12.4. The van der Waals surface area contributed by atoms with E-state index in [2.05, 4.69) is 15.3 Å². The lowest BCUT2D eigenvalue weighted by atomic mass is 9.86. The Morgan fingerprint density at radius 1 is 1.26 bits per heavy atom. The van der Waals surface area contributed by atoms with Crippen molar-refractivity contribution in [3.63, 3.8) is 0 Å². The van der Waals surface area contributed by atoms with E-state index in [0.717, 1.165) is 28.2 Å². The Morgan fingerprint density at radius 3 is 2.61 bits per heavy atom. The van der Waals surface area contributed by atoms with E-state index in [0.29, 0.717) is 5.56 Å². The molecule has 5 nitrogen and oxygen atoms in total. The zero-order chi connectivity index (χ0) is 16.8. The number of rotatable bonds is 3. The van der Waals surface area contributed by atoms with Crippen LogP contribution in [0.3, 0.4) is 0 Å². The normalized spacial score (nSPS) is 11.9. The third-order valence-corrected chi connectivity index (χ3v) is 3.96. The number of nitrogens with one attached hydrogen (secondary N) is 2. The van der Waals surface area contributed by atoms with E-state index in [4.69, 9.17) is 0 Å². The number of imidazole rings is 1. The van der Waals surface area contributed by atoms with Crippen LogP contribution in [0, 0.1) is 5.41 Å². The molecule has 23 heavy (non-hydrogen) atoms. The molecule has 2 N–H and O–H groups in total. The first-order chi connectivity index (χ1) is 10.8. The van der Waals surface area contributed by atoms with Crippen molar-refractivity contribution in [2.24, 2.45) is 12.5 Å². The van der Waals surface area contributed by atoms with Gasteiger partial charge in [0.1, 0.15) is 0 Å². The van der Waals surface area contributed by atoms with Crippen LogP contribution in [0.25, 0.3) is 22.6 Å². The molecule has 0 saturated carbocycles. The molecule has 3 rings (SSSR count). The molecule has 3 aromatic rings. The number of carbonyl (C=O) groups excluding carboxylic acids is 1. The third-order valence-electron chi connectivity index (χ3n) is 3.96. The molecule has 0 spiro atoms. The van der Waals surface area contributed by atoms with Gasteiger partial charge in [-0.3, -0.25) is 4.79 Å². The van der Waals surface area contributed by atoms with Gasteiger partial charge in [0.25, 0.3) is 0 Å². The minimum Gasteiger partial charge on any atom is -0.387 e. The Morgan fingerprint density at radius 2 is 2.00 bits per heavy atom. The van der Waals surface area contributed by atoms with Gasteiger partial charge in [-0.25, -0.2) is 4.98 Å². The molecule has 1 aromatic carbocycles. The predicted molar refractivity (Wildman–Crippen MR) is 93.8 cm³/mol. The van der Waals surface area contributed by atoms with Crippen LogP contribution in [-0.4, -0.2) is 27.4 Å². The highest BCUT2D eigenvalue weighted by atomic mass is 16.1. The fourth-order valence-corrected chi connectivity index (χ4v) is 2.64. The van der Waals surface area contributed by atoms with Crippen LogP contribution in [0.4, 0.5) is 5.69 Å². The second-order valence-corrected chi connectivity index (χ2v) is 6.87. The van der Waals surface area contributed by atoms with Crippen molar-refractivity contribution < 1.29 is 4.79 Å². The van der Waals surface area contributed by atoms with Gasteiger partial charge in [0.05, 0.1) is 22.4 Å². The number of benzene rings is 1. The van der Waals surface area contributed by atoms with Crippen molar-refractivity contribution in [3.05, 3.63) is 36.0 Å². The molecular weight excluding hydrogens is 288 g/mol. The number of carbonyl (C=O) groups is 1. The molecule has 0 saturated heterocycles. The van der Waals surface area contributed by atoms with Crippen LogP contribution in [-0.2, 0) is 7.05 Å². The number of hydrogen-bond donors (Lipinski definition) is 2. The monoisotopic (exact) mass is 310 g/mol. The van der Waals surface area contributed by atoms with E-state index in [1.54, 1.807) is 0 Å². The van der Waals surface area contributed by atoms with Crippen LogP contribution in [0.5, 0.6) is 0 Å². The molecule has 2 aromatic heterocycles. The van der Waals surface area contributed by atoms with Crippen LogP contribution in [0.1, 0.15) is 31.1 Å². The molecule has 2 heterocycles. The van der Waals surface area contributed by atoms with E-state index >= 15 is 0 Å². The van der Waals surface area contributed by atoms with Crippen LogP contribution in [0.2, 0.25) is 0 Å². The zero-order valence-corrected chi connectivity index (χ0v) is 14.2. The number of aryl methyl sites for hydroxylation is 1. The van der Waals surface area contributed by atoms with Crippen molar-refractivity contribution in [2.45, 2.75) is 20.8 Å². The number of hydrogen-bond acceptors (Lipinski definition) is 3. The fourth-order valence-electron chi connectivity index (χ4n) is 2.64. The SMILES string of the molecule is CNc1cc(-c2nc3ccc(C(=O)C(C)(C)C)cc3[nH]2)n(C)c1. The van der Waals surface area contributed by atoms with Crippen LogP contribution < -0.4 is 5.32 Å². The maximum atomic E-state index is 12.4. The van der Waals surface area contributed by atoms with Gasteiger partial charge in [-0.05, 0) is 24.3 Å². The quantitative estimate of drug-likeness (QED) is 0.723. The average molecular weight is 310 g/mol. The summed E-state index contributed by atoms with van der Waals surface area (Å²) in [4.78, 5) is 20.4. The second-order valence-electron chi connectivity index (χ2n) is 6.87. The first-order valence-corrected chi connectivity index (χ1v) is 7.68. The molecule has 0 aliphatic heterocycles. The van der Waals surface area contributed by atoms with E-state index in [1.165, 1.54) is 0 Å². The lowest BCUT2D eigenvalue weighted by Gasteiger charge is -2.16. The largest absolute Gasteiger partial charge is 0.387 e.